The lowest BCUT2D eigenvalue weighted by atomic mass is 9.98. The number of ether oxygens (including phenoxy) is 1. The van der Waals surface area contributed by atoms with E-state index in [9.17, 15) is 9.59 Å². The molecule has 0 spiro atoms. The summed E-state index contributed by atoms with van der Waals surface area (Å²) in [5, 5.41) is 2.83. The van der Waals surface area contributed by atoms with Crippen LogP contribution in [0.25, 0.3) is 6.08 Å². The fraction of sp³-hybridized carbons (Fsp3) is 0.304. The van der Waals surface area contributed by atoms with Crippen LogP contribution in [-0.2, 0) is 4.79 Å². The molecule has 5 heteroatoms. The number of nitrogens with one attached hydrogen (secondary N) is 1. The number of amides is 2. The first kappa shape index (κ1) is 19.7. The Bertz CT molecular complexity index is 868. The van der Waals surface area contributed by atoms with E-state index in [4.69, 9.17) is 4.74 Å². The van der Waals surface area contributed by atoms with Gasteiger partial charge in [0.25, 0.3) is 5.91 Å². The zero-order valence-electron chi connectivity index (χ0n) is 16.4. The third kappa shape index (κ3) is 4.80. The molecule has 0 bridgehead atoms. The van der Waals surface area contributed by atoms with Crippen molar-refractivity contribution in [2.75, 3.05) is 25.5 Å². The first-order valence-corrected chi connectivity index (χ1v) is 9.59. The number of rotatable bonds is 5. The quantitative estimate of drug-likeness (QED) is 0.793. The van der Waals surface area contributed by atoms with Gasteiger partial charge in [-0.25, -0.2) is 0 Å². The smallest absolute Gasteiger partial charge is 0.255 e. The number of anilines is 1. The van der Waals surface area contributed by atoms with Crippen molar-refractivity contribution in [1.29, 1.82) is 0 Å². The molecular weight excluding hydrogens is 352 g/mol. The zero-order chi connectivity index (χ0) is 19.9. The van der Waals surface area contributed by atoms with Gasteiger partial charge in [-0.1, -0.05) is 37.3 Å². The maximum atomic E-state index is 12.9. The van der Waals surface area contributed by atoms with Crippen LogP contribution in [0.15, 0.2) is 54.6 Å². The van der Waals surface area contributed by atoms with E-state index in [2.05, 4.69) is 12.2 Å². The number of nitrogens with zero attached hydrogens (tertiary/aromatic N) is 1. The van der Waals surface area contributed by atoms with Crippen LogP contribution in [0.5, 0.6) is 5.75 Å². The summed E-state index contributed by atoms with van der Waals surface area (Å²) < 4.78 is 5.29. The maximum Gasteiger partial charge on any atom is 0.255 e. The standard InChI is InChI=1S/C23H26N2O3/c1-17-13-15-25(16-14-17)23(27)19-8-4-5-9-20(19)24-22(26)12-11-18-7-3-6-10-21(18)28-2/h3-12,17H,13-16H2,1-2H3,(H,24,26)/b12-11+. The Morgan fingerprint density at radius 1 is 1.07 bits per heavy atom. The van der Waals surface area contributed by atoms with Crippen LogP contribution in [-0.4, -0.2) is 36.9 Å². The number of hydrogen-bond acceptors (Lipinski definition) is 3. The highest BCUT2D eigenvalue weighted by atomic mass is 16.5. The van der Waals surface area contributed by atoms with Crippen LogP contribution in [0.2, 0.25) is 0 Å². The molecule has 1 fully saturated rings. The van der Waals surface area contributed by atoms with Gasteiger partial charge in [-0.15, -0.1) is 0 Å². The zero-order valence-corrected chi connectivity index (χ0v) is 16.4. The first-order valence-electron chi connectivity index (χ1n) is 9.59. The summed E-state index contributed by atoms with van der Waals surface area (Å²) >= 11 is 0. The van der Waals surface area contributed by atoms with Crippen LogP contribution in [0.4, 0.5) is 5.69 Å². The monoisotopic (exact) mass is 378 g/mol. The van der Waals surface area contributed by atoms with Gasteiger partial charge in [0, 0.05) is 24.7 Å². The van der Waals surface area contributed by atoms with E-state index in [-0.39, 0.29) is 11.8 Å². The second-order valence-corrected chi connectivity index (χ2v) is 7.08. The number of likely N-dealkylation sites (tertiary alicyclic amines) is 1. The van der Waals surface area contributed by atoms with Gasteiger partial charge in [0.05, 0.1) is 18.4 Å². The second kappa shape index (κ2) is 9.22. The molecule has 2 aromatic rings. The maximum absolute atomic E-state index is 12.9. The van der Waals surface area contributed by atoms with E-state index in [0.717, 1.165) is 31.5 Å². The van der Waals surface area contributed by atoms with Gasteiger partial charge in [0.2, 0.25) is 5.91 Å². The van der Waals surface area contributed by atoms with Crippen LogP contribution >= 0.6 is 0 Å². The Morgan fingerprint density at radius 2 is 1.75 bits per heavy atom. The van der Waals surface area contributed by atoms with Crippen molar-refractivity contribution in [3.8, 4) is 5.75 Å². The summed E-state index contributed by atoms with van der Waals surface area (Å²) in [6.45, 7) is 3.73. The highest BCUT2D eigenvalue weighted by Gasteiger charge is 2.23. The fourth-order valence-corrected chi connectivity index (χ4v) is 3.30. The molecule has 1 heterocycles. The first-order chi connectivity index (χ1) is 13.6. The average Bonchev–Trinajstić information content (AvgIpc) is 2.73. The molecule has 0 aromatic heterocycles. The summed E-state index contributed by atoms with van der Waals surface area (Å²) in [6, 6.07) is 14.6. The highest BCUT2D eigenvalue weighted by molar-refractivity contribution is 6.07. The van der Waals surface area contributed by atoms with Gasteiger partial charge in [0.1, 0.15) is 5.75 Å². The van der Waals surface area contributed by atoms with Gasteiger partial charge in [-0.05, 0) is 43.0 Å². The Kier molecular flexibility index (Phi) is 6.48. The minimum absolute atomic E-state index is 0.0310. The van der Waals surface area contributed by atoms with Crippen molar-refractivity contribution in [2.45, 2.75) is 19.8 Å². The normalized spacial score (nSPS) is 14.9. The summed E-state index contributed by atoms with van der Waals surface area (Å²) in [4.78, 5) is 27.2. The lowest BCUT2D eigenvalue weighted by Crippen LogP contribution is -2.38. The van der Waals surface area contributed by atoms with Crippen LogP contribution in [0, 0.1) is 5.92 Å². The number of para-hydroxylation sites is 2. The van der Waals surface area contributed by atoms with Gasteiger partial charge < -0.3 is 15.0 Å². The van der Waals surface area contributed by atoms with E-state index in [1.165, 1.54) is 6.08 Å². The van der Waals surface area contributed by atoms with Crippen molar-refractivity contribution in [3.63, 3.8) is 0 Å². The van der Waals surface area contributed by atoms with Gasteiger partial charge >= 0.3 is 0 Å². The third-order valence-electron chi connectivity index (χ3n) is 5.04. The molecular formula is C23H26N2O3. The van der Waals surface area contributed by atoms with Gasteiger partial charge in [0.15, 0.2) is 0 Å². The summed E-state index contributed by atoms with van der Waals surface area (Å²) in [6.07, 6.45) is 5.18. The van der Waals surface area contributed by atoms with E-state index in [1.54, 1.807) is 25.3 Å². The lowest BCUT2D eigenvalue weighted by molar-refractivity contribution is -0.111. The Balaban J connectivity index is 1.71. The average molecular weight is 378 g/mol. The van der Waals surface area contributed by atoms with Crippen molar-refractivity contribution in [3.05, 3.63) is 65.7 Å². The van der Waals surface area contributed by atoms with Crippen molar-refractivity contribution < 1.29 is 14.3 Å². The van der Waals surface area contributed by atoms with Crippen molar-refractivity contribution >= 4 is 23.6 Å². The van der Waals surface area contributed by atoms with Crippen molar-refractivity contribution in [1.82, 2.24) is 4.90 Å². The number of carbonyl (C=O) groups excluding carboxylic acids is 2. The SMILES string of the molecule is COc1ccccc1/C=C/C(=O)Nc1ccccc1C(=O)N1CCC(C)CC1. The van der Waals surface area contributed by atoms with E-state index in [1.807, 2.05) is 41.3 Å². The molecule has 1 saturated heterocycles. The number of carbonyl (C=O) groups is 2. The van der Waals surface area contributed by atoms with Crippen molar-refractivity contribution in [2.24, 2.45) is 5.92 Å². The molecule has 2 amide bonds. The number of methoxy groups -OCH3 is 1. The minimum Gasteiger partial charge on any atom is -0.496 e. The number of piperidine rings is 1. The largest absolute Gasteiger partial charge is 0.496 e. The molecule has 0 saturated carbocycles. The molecule has 0 radical (unpaired) electrons. The molecule has 5 nitrogen and oxygen atoms in total. The highest BCUT2D eigenvalue weighted by Crippen LogP contribution is 2.23. The molecule has 0 atom stereocenters. The molecule has 0 unspecified atom stereocenters. The molecule has 146 valence electrons. The van der Waals surface area contributed by atoms with Crippen LogP contribution < -0.4 is 10.1 Å². The molecule has 2 aromatic carbocycles. The van der Waals surface area contributed by atoms with Gasteiger partial charge in [-0.3, -0.25) is 9.59 Å². The molecule has 28 heavy (non-hydrogen) atoms. The van der Waals surface area contributed by atoms with Crippen LogP contribution in [0.1, 0.15) is 35.7 Å². The Hall–Kier alpha value is -3.08. The Morgan fingerprint density at radius 3 is 2.50 bits per heavy atom. The topological polar surface area (TPSA) is 58.6 Å². The predicted molar refractivity (Wildman–Crippen MR) is 111 cm³/mol. The fourth-order valence-electron chi connectivity index (χ4n) is 3.30. The summed E-state index contributed by atoms with van der Waals surface area (Å²) in [7, 11) is 1.59. The second-order valence-electron chi connectivity index (χ2n) is 7.08. The summed E-state index contributed by atoms with van der Waals surface area (Å²) in [5.74, 6) is 1.02. The third-order valence-corrected chi connectivity index (χ3v) is 5.04. The predicted octanol–water partition coefficient (Wildman–Crippen LogP) is 4.22. The van der Waals surface area contributed by atoms with Gasteiger partial charge in [-0.2, -0.15) is 0 Å². The number of hydrogen-bond donors (Lipinski definition) is 1. The minimum atomic E-state index is -0.293. The van der Waals surface area contributed by atoms with E-state index in [0.29, 0.717) is 22.9 Å². The van der Waals surface area contributed by atoms with E-state index < -0.39 is 0 Å². The molecule has 1 aliphatic rings. The van der Waals surface area contributed by atoms with Crippen LogP contribution in [0.3, 0.4) is 0 Å². The number of benzene rings is 2. The lowest BCUT2D eigenvalue weighted by Gasteiger charge is -2.30. The van der Waals surface area contributed by atoms with E-state index >= 15 is 0 Å². The Labute approximate surface area is 166 Å². The molecule has 3 rings (SSSR count). The summed E-state index contributed by atoms with van der Waals surface area (Å²) in [5.41, 5.74) is 1.86. The molecule has 0 aliphatic carbocycles. The molecule has 1 N–H and O–H groups in total. The molecule has 1 aliphatic heterocycles.